The van der Waals surface area contributed by atoms with Crippen molar-refractivity contribution in [3.63, 3.8) is 0 Å². The fourth-order valence-electron chi connectivity index (χ4n) is 1.58. The van der Waals surface area contributed by atoms with E-state index in [1.807, 2.05) is 17.9 Å². The summed E-state index contributed by atoms with van der Waals surface area (Å²) in [4.78, 5) is 6.18. The maximum atomic E-state index is 13.1. The molecule has 0 heterocycles. The Morgan fingerprint density at radius 3 is 2.88 bits per heavy atom. The highest BCUT2D eigenvalue weighted by Crippen LogP contribution is 2.24. The molecule has 1 aliphatic carbocycles. The molecule has 1 fully saturated rings. The van der Waals surface area contributed by atoms with Crippen molar-refractivity contribution >= 4 is 11.6 Å². The quantitative estimate of drug-likeness (QED) is 0.627. The number of aliphatic imine (C=N–C) groups is 1. The summed E-state index contributed by atoms with van der Waals surface area (Å²) in [5, 5.41) is 0. The lowest BCUT2D eigenvalue weighted by atomic mass is 10.3. The summed E-state index contributed by atoms with van der Waals surface area (Å²) in [6.45, 7) is 2.66. The molecule has 86 valence electrons. The van der Waals surface area contributed by atoms with Crippen molar-refractivity contribution in [1.29, 1.82) is 0 Å². The van der Waals surface area contributed by atoms with Crippen molar-refractivity contribution in [2.45, 2.75) is 25.8 Å². The Hall–Kier alpha value is -1.58. The van der Waals surface area contributed by atoms with Gasteiger partial charge in [-0.2, -0.15) is 0 Å². The molecule has 0 spiro atoms. The number of hydrogen-bond acceptors (Lipinski definition) is 1. The lowest BCUT2D eigenvalue weighted by molar-refractivity contribution is 0.627. The van der Waals surface area contributed by atoms with Crippen molar-refractivity contribution < 1.29 is 4.39 Å². The summed E-state index contributed by atoms with van der Waals surface area (Å²) in [5.74, 6) is 0.228. The standard InChI is InChI=1S/C12H16FN3/c1-2-16(12(14)15-10-6-7-10)11-5-3-4-9(13)8-11/h3-5,8,10H,2,6-7H2,1H3,(H2,14,15). The van der Waals surface area contributed by atoms with Crippen LogP contribution >= 0.6 is 0 Å². The molecule has 0 atom stereocenters. The van der Waals surface area contributed by atoms with Gasteiger partial charge in [0.25, 0.3) is 0 Å². The van der Waals surface area contributed by atoms with E-state index >= 15 is 0 Å². The van der Waals surface area contributed by atoms with Crippen molar-refractivity contribution in [3.05, 3.63) is 30.1 Å². The van der Waals surface area contributed by atoms with Gasteiger partial charge in [0.2, 0.25) is 0 Å². The second kappa shape index (κ2) is 4.51. The van der Waals surface area contributed by atoms with Gasteiger partial charge >= 0.3 is 0 Å². The number of halogens is 1. The summed E-state index contributed by atoms with van der Waals surface area (Å²) in [6, 6.07) is 6.78. The van der Waals surface area contributed by atoms with Crippen LogP contribution in [0.25, 0.3) is 0 Å². The van der Waals surface area contributed by atoms with Gasteiger partial charge in [-0.05, 0) is 38.0 Å². The van der Waals surface area contributed by atoms with E-state index < -0.39 is 0 Å². The largest absolute Gasteiger partial charge is 0.370 e. The Kier molecular flexibility index (Phi) is 3.08. The van der Waals surface area contributed by atoms with Crippen molar-refractivity contribution in [3.8, 4) is 0 Å². The zero-order chi connectivity index (χ0) is 11.5. The number of anilines is 1. The minimum atomic E-state index is -0.254. The van der Waals surface area contributed by atoms with Crippen molar-refractivity contribution in [1.82, 2.24) is 0 Å². The van der Waals surface area contributed by atoms with E-state index in [4.69, 9.17) is 5.73 Å². The van der Waals surface area contributed by atoms with Gasteiger partial charge in [0.05, 0.1) is 6.04 Å². The summed E-state index contributed by atoms with van der Waals surface area (Å²) < 4.78 is 13.1. The molecule has 1 aromatic rings. The predicted molar refractivity (Wildman–Crippen MR) is 64.1 cm³/mol. The Morgan fingerprint density at radius 1 is 1.56 bits per heavy atom. The van der Waals surface area contributed by atoms with Gasteiger partial charge in [0, 0.05) is 12.2 Å². The summed E-state index contributed by atoms with van der Waals surface area (Å²) >= 11 is 0. The van der Waals surface area contributed by atoms with Crippen LogP contribution in [0, 0.1) is 5.82 Å². The number of rotatable bonds is 3. The first-order valence-electron chi connectivity index (χ1n) is 5.57. The molecular formula is C12H16FN3. The summed E-state index contributed by atoms with van der Waals surface area (Å²) in [7, 11) is 0. The molecule has 4 heteroatoms. The minimum Gasteiger partial charge on any atom is -0.370 e. The monoisotopic (exact) mass is 221 g/mol. The molecule has 2 N–H and O–H groups in total. The molecule has 0 amide bonds. The molecule has 1 aliphatic rings. The van der Waals surface area contributed by atoms with Crippen LogP contribution in [0.4, 0.5) is 10.1 Å². The average molecular weight is 221 g/mol. The van der Waals surface area contributed by atoms with Gasteiger partial charge in [0.15, 0.2) is 5.96 Å². The van der Waals surface area contributed by atoms with Gasteiger partial charge in [-0.25, -0.2) is 9.38 Å². The molecule has 0 aliphatic heterocycles. The predicted octanol–water partition coefficient (Wildman–Crippen LogP) is 2.13. The molecule has 1 aromatic carbocycles. The SMILES string of the molecule is CCN(C(N)=NC1CC1)c1cccc(F)c1. The van der Waals surface area contributed by atoms with Crippen LogP contribution in [-0.2, 0) is 0 Å². The van der Waals surface area contributed by atoms with Gasteiger partial charge in [-0.15, -0.1) is 0 Å². The van der Waals surface area contributed by atoms with Crippen molar-refractivity contribution in [2.24, 2.45) is 10.7 Å². The van der Waals surface area contributed by atoms with Crippen LogP contribution in [0.5, 0.6) is 0 Å². The molecule has 1 saturated carbocycles. The van der Waals surface area contributed by atoms with Crippen LogP contribution in [0.15, 0.2) is 29.3 Å². The van der Waals surface area contributed by atoms with Crippen LogP contribution in [0.3, 0.4) is 0 Å². The van der Waals surface area contributed by atoms with E-state index in [1.54, 1.807) is 6.07 Å². The highest BCUT2D eigenvalue weighted by Gasteiger charge is 2.22. The molecule has 16 heavy (non-hydrogen) atoms. The maximum absolute atomic E-state index is 13.1. The topological polar surface area (TPSA) is 41.6 Å². The summed E-state index contributed by atoms with van der Waals surface area (Å²) in [6.07, 6.45) is 2.23. The molecule has 0 aromatic heterocycles. The zero-order valence-corrected chi connectivity index (χ0v) is 9.36. The molecule has 2 rings (SSSR count). The Morgan fingerprint density at radius 2 is 2.31 bits per heavy atom. The van der Waals surface area contributed by atoms with Crippen LogP contribution in [0.1, 0.15) is 19.8 Å². The van der Waals surface area contributed by atoms with E-state index in [0.29, 0.717) is 18.5 Å². The normalized spacial score (nSPS) is 16.2. The fraction of sp³-hybridized carbons (Fsp3) is 0.417. The first-order valence-corrected chi connectivity index (χ1v) is 5.57. The Labute approximate surface area is 94.8 Å². The van der Waals surface area contributed by atoms with Gasteiger partial charge in [-0.1, -0.05) is 6.07 Å². The van der Waals surface area contributed by atoms with Gasteiger partial charge in [-0.3, -0.25) is 0 Å². The zero-order valence-electron chi connectivity index (χ0n) is 9.36. The van der Waals surface area contributed by atoms with Gasteiger partial charge in [0.1, 0.15) is 5.82 Å². The molecule has 0 radical (unpaired) electrons. The third kappa shape index (κ3) is 2.51. The van der Waals surface area contributed by atoms with Crippen molar-refractivity contribution in [2.75, 3.05) is 11.4 Å². The molecule has 0 saturated heterocycles. The smallest absolute Gasteiger partial charge is 0.196 e. The number of nitrogens with two attached hydrogens (primary N) is 1. The third-order valence-corrected chi connectivity index (χ3v) is 2.57. The Bertz CT molecular complexity index is 399. The van der Waals surface area contributed by atoms with E-state index in [1.165, 1.54) is 12.1 Å². The average Bonchev–Trinajstić information content (AvgIpc) is 3.03. The first kappa shape index (κ1) is 10.9. The van der Waals surface area contributed by atoms with E-state index in [0.717, 1.165) is 18.5 Å². The number of nitrogens with zero attached hydrogens (tertiary/aromatic N) is 2. The van der Waals surface area contributed by atoms with E-state index in [9.17, 15) is 4.39 Å². The number of benzene rings is 1. The minimum absolute atomic E-state index is 0.254. The molecule has 3 nitrogen and oxygen atoms in total. The third-order valence-electron chi connectivity index (χ3n) is 2.57. The number of hydrogen-bond donors (Lipinski definition) is 1. The lowest BCUT2D eigenvalue weighted by Gasteiger charge is -2.21. The van der Waals surface area contributed by atoms with Gasteiger partial charge < -0.3 is 10.6 Å². The second-order valence-electron chi connectivity index (χ2n) is 3.94. The Balaban J connectivity index is 2.21. The maximum Gasteiger partial charge on any atom is 0.196 e. The molecule has 0 bridgehead atoms. The van der Waals surface area contributed by atoms with Crippen LogP contribution in [-0.4, -0.2) is 18.5 Å². The second-order valence-corrected chi connectivity index (χ2v) is 3.94. The summed E-state index contributed by atoms with van der Waals surface area (Å²) in [5.41, 5.74) is 6.66. The fourth-order valence-corrected chi connectivity index (χ4v) is 1.58. The number of guanidine groups is 1. The first-order chi connectivity index (χ1) is 7.70. The molecular weight excluding hydrogens is 205 g/mol. The highest BCUT2D eigenvalue weighted by atomic mass is 19.1. The highest BCUT2D eigenvalue weighted by molar-refractivity contribution is 5.94. The van der Waals surface area contributed by atoms with Crippen LogP contribution in [0.2, 0.25) is 0 Å². The molecule has 0 unspecified atom stereocenters. The van der Waals surface area contributed by atoms with E-state index in [2.05, 4.69) is 4.99 Å². The van der Waals surface area contributed by atoms with Crippen LogP contribution < -0.4 is 10.6 Å². The lowest BCUT2D eigenvalue weighted by Crippen LogP contribution is -2.37. The van der Waals surface area contributed by atoms with E-state index in [-0.39, 0.29) is 5.82 Å².